The first-order valence-electron chi connectivity index (χ1n) is 4.49. The molecular weight excluding hydrogens is 148 g/mol. The third kappa shape index (κ3) is 1.83. The highest BCUT2D eigenvalue weighted by Crippen LogP contribution is 2.10. The fourth-order valence-corrected chi connectivity index (χ4v) is 1.62. The van der Waals surface area contributed by atoms with Crippen LogP contribution in [-0.2, 0) is 6.54 Å². The Morgan fingerprint density at radius 1 is 1.42 bits per heavy atom. The molecule has 0 bridgehead atoms. The molecule has 0 N–H and O–H groups in total. The maximum Gasteiger partial charge on any atom is 0.0890 e. The van der Waals surface area contributed by atoms with Crippen LogP contribution >= 0.6 is 0 Å². The van der Waals surface area contributed by atoms with E-state index in [0.29, 0.717) is 0 Å². The Kier molecular flexibility index (Phi) is 2.37. The molecule has 0 unspecified atom stereocenters. The van der Waals surface area contributed by atoms with E-state index in [9.17, 15) is 0 Å². The molecule has 0 aliphatic carbocycles. The van der Waals surface area contributed by atoms with E-state index in [2.05, 4.69) is 22.1 Å². The van der Waals surface area contributed by atoms with Gasteiger partial charge in [0.15, 0.2) is 0 Å². The summed E-state index contributed by atoms with van der Waals surface area (Å²) in [7, 11) is 0. The zero-order chi connectivity index (χ0) is 8.23. The van der Waals surface area contributed by atoms with Crippen molar-refractivity contribution in [3.05, 3.63) is 30.1 Å². The molecule has 1 aromatic heterocycles. The van der Waals surface area contributed by atoms with Crippen LogP contribution in [0.4, 0.5) is 0 Å². The molecule has 1 aromatic rings. The lowest BCUT2D eigenvalue weighted by atomic mass is 10.3. The summed E-state index contributed by atoms with van der Waals surface area (Å²) in [6.07, 6.45) is 5.55. The fraction of sp³-hybridized carbons (Fsp3) is 0.500. The average Bonchev–Trinajstić information content (AvgIpc) is 2.59. The summed E-state index contributed by atoms with van der Waals surface area (Å²) in [6, 6.07) is 5.90. The molecule has 12 heavy (non-hydrogen) atoms. The van der Waals surface area contributed by atoms with Crippen LogP contribution in [0.15, 0.2) is 18.2 Å². The summed E-state index contributed by atoms with van der Waals surface area (Å²) in [5, 5.41) is 0. The number of rotatable bonds is 2. The van der Waals surface area contributed by atoms with Crippen LogP contribution < -0.4 is 0 Å². The second-order valence-corrected chi connectivity index (χ2v) is 3.24. The second kappa shape index (κ2) is 3.68. The molecule has 2 rings (SSSR count). The standard InChI is InChI=1S/C10H13N2/c1-2-6-11-10(5-1)9-12-7-3-4-8-12/h1-2,5H,3-4,7-9H2. The maximum absolute atomic E-state index is 4.18. The van der Waals surface area contributed by atoms with Gasteiger partial charge >= 0.3 is 0 Å². The van der Waals surface area contributed by atoms with Gasteiger partial charge in [0, 0.05) is 6.54 Å². The minimum atomic E-state index is 0.997. The number of nitrogens with zero attached hydrogens (tertiary/aromatic N) is 2. The lowest BCUT2D eigenvalue weighted by molar-refractivity contribution is 0.327. The van der Waals surface area contributed by atoms with Gasteiger partial charge in [-0.2, -0.15) is 0 Å². The van der Waals surface area contributed by atoms with E-state index < -0.39 is 0 Å². The van der Waals surface area contributed by atoms with Crippen LogP contribution in [0.25, 0.3) is 0 Å². The van der Waals surface area contributed by atoms with Crippen molar-refractivity contribution in [1.29, 1.82) is 0 Å². The number of pyridine rings is 1. The summed E-state index contributed by atoms with van der Waals surface area (Å²) in [5.41, 5.74) is 1.14. The first-order chi connectivity index (χ1) is 5.95. The van der Waals surface area contributed by atoms with Gasteiger partial charge in [-0.3, -0.25) is 4.90 Å². The van der Waals surface area contributed by atoms with Crippen molar-refractivity contribution < 1.29 is 0 Å². The zero-order valence-corrected chi connectivity index (χ0v) is 7.16. The average molecular weight is 161 g/mol. The molecule has 2 heterocycles. The lowest BCUT2D eigenvalue weighted by Gasteiger charge is -2.12. The second-order valence-electron chi connectivity index (χ2n) is 3.24. The minimum Gasteiger partial charge on any atom is -0.298 e. The summed E-state index contributed by atoms with van der Waals surface area (Å²) in [6.45, 7) is 3.46. The van der Waals surface area contributed by atoms with Crippen LogP contribution in [0.3, 0.4) is 0 Å². The molecule has 2 nitrogen and oxygen atoms in total. The molecule has 1 aliphatic heterocycles. The van der Waals surface area contributed by atoms with E-state index in [1.54, 1.807) is 0 Å². The Hall–Kier alpha value is -0.890. The Morgan fingerprint density at radius 3 is 2.92 bits per heavy atom. The van der Waals surface area contributed by atoms with Crippen molar-refractivity contribution in [3.8, 4) is 0 Å². The molecule has 0 saturated carbocycles. The molecular formula is C10H13N2. The largest absolute Gasteiger partial charge is 0.298 e. The van der Waals surface area contributed by atoms with Crippen molar-refractivity contribution >= 4 is 0 Å². The van der Waals surface area contributed by atoms with Gasteiger partial charge in [-0.1, -0.05) is 6.07 Å². The van der Waals surface area contributed by atoms with Gasteiger partial charge < -0.3 is 0 Å². The van der Waals surface area contributed by atoms with E-state index >= 15 is 0 Å². The van der Waals surface area contributed by atoms with Gasteiger partial charge in [-0.05, 0) is 38.1 Å². The van der Waals surface area contributed by atoms with E-state index in [-0.39, 0.29) is 0 Å². The number of hydrogen-bond donors (Lipinski definition) is 0. The smallest absolute Gasteiger partial charge is 0.0890 e. The molecule has 1 aliphatic rings. The van der Waals surface area contributed by atoms with Crippen LogP contribution in [0.5, 0.6) is 0 Å². The Balaban J connectivity index is 1.94. The van der Waals surface area contributed by atoms with E-state index in [1.165, 1.54) is 25.9 Å². The Bertz CT molecular complexity index is 227. The third-order valence-corrected chi connectivity index (χ3v) is 2.25. The SMILES string of the molecule is [c]1cccc(CN2CCCC2)n1. The highest BCUT2D eigenvalue weighted by Gasteiger charge is 2.11. The summed E-state index contributed by atoms with van der Waals surface area (Å²) < 4.78 is 0. The highest BCUT2D eigenvalue weighted by atomic mass is 15.1. The normalized spacial score (nSPS) is 18.3. The number of likely N-dealkylation sites (tertiary alicyclic amines) is 1. The van der Waals surface area contributed by atoms with Gasteiger partial charge in [0.05, 0.1) is 11.9 Å². The topological polar surface area (TPSA) is 16.1 Å². The first-order valence-corrected chi connectivity index (χ1v) is 4.49. The van der Waals surface area contributed by atoms with Gasteiger partial charge in [0.1, 0.15) is 0 Å². The van der Waals surface area contributed by atoms with Crippen molar-refractivity contribution in [1.82, 2.24) is 9.88 Å². The van der Waals surface area contributed by atoms with Gasteiger partial charge in [0.25, 0.3) is 0 Å². The summed E-state index contributed by atoms with van der Waals surface area (Å²) >= 11 is 0. The molecule has 1 saturated heterocycles. The third-order valence-electron chi connectivity index (χ3n) is 2.25. The fourth-order valence-electron chi connectivity index (χ4n) is 1.62. The first kappa shape index (κ1) is 7.74. The van der Waals surface area contributed by atoms with Crippen LogP contribution in [0.1, 0.15) is 18.5 Å². The predicted molar refractivity (Wildman–Crippen MR) is 47.6 cm³/mol. The van der Waals surface area contributed by atoms with Gasteiger partial charge in [0.2, 0.25) is 0 Å². The van der Waals surface area contributed by atoms with Crippen molar-refractivity contribution in [3.63, 3.8) is 0 Å². The minimum absolute atomic E-state index is 0.997. The molecule has 1 fully saturated rings. The molecule has 2 heteroatoms. The lowest BCUT2D eigenvalue weighted by Crippen LogP contribution is -2.18. The highest BCUT2D eigenvalue weighted by molar-refractivity contribution is 5.02. The van der Waals surface area contributed by atoms with E-state index in [1.807, 2.05) is 12.1 Å². The van der Waals surface area contributed by atoms with Crippen molar-refractivity contribution in [2.24, 2.45) is 0 Å². The zero-order valence-electron chi connectivity index (χ0n) is 7.16. The quantitative estimate of drug-likeness (QED) is 0.653. The summed E-state index contributed by atoms with van der Waals surface area (Å²) in [4.78, 5) is 6.62. The predicted octanol–water partition coefficient (Wildman–Crippen LogP) is 1.48. The molecule has 1 radical (unpaired) electrons. The number of hydrogen-bond acceptors (Lipinski definition) is 2. The monoisotopic (exact) mass is 161 g/mol. The van der Waals surface area contributed by atoms with E-state index in [4.69, 9.17) is 0 Å². The maximum atomic E-state index is 4.18. The van der Waals surface area contributed by atoms with Crippen LogP contribution in [-0.4, -0.2) is 23.0 Å². The molecule has 0 amide bonds. The summed E-state index contributed by atoms with van der Waals surface area (Å²) in [5.74, 6) is 0. The molecule has 63 valence electrons. The Labute approximate surface area is 73.2 Å². The van der Waals surface area contributed by atoms with Gasteiger partial charge in [-0.15, -0.1) is 0 Å². The molecule has 0 atom stereocenters. The van der Waals surface area contributed by atoms with Crippen LogP contribution in [0, 0.1) is 6.20 Å². The molecule has 0 aromatic carbocycles. The number of aromatic nitrogens is 1. The van der Waals surface area contributed by atoms with Crippen LogP contribution in [0.2, 0.25) is 0 Å². The Morgan fingerprint density at radius 2 is 2.25 bits per heavy atom. The van der Waals surface area contributed by atoms with Crippen molar-refractivity contribution in [2.75, 3.05) is 13.1 Å². The van der Waals surface area contributed by atoms with Gasteiger partial charge in [-0.25, -0.2) is 4.98 Å². The van der Waals surface area contributed by atoms with Crippen molar-refractivity contribution in [2.45, 2.75) is 19.4 Å². The van der Waals surface area contributed by atoms with E-state index in [0.717, 1.165) is 12.2 Å². The molecule has 0 spiro atoms.